The molecule has 0 saturated carbocycles. The molecule has 144 valence electrons. The molecular weight excluding hydrogens is 381 g/mol. The molecule has 0 atom stereocenters. The van der Waals surface area contributed by atoms with Crippen LogP contribution in [0.5, 0.6) is 0 Å². The number of benzene rings is 1. The zero-order chi connectivity index (χ0) is 19.5. The Morgan fingerprint density at radius 1 is 1.04 bits per heavy atom. The van der Waals surface area contributed by atoms with Crippen molar-refractivity contribution in [1.29, 1.82) is 0 Å². The third-order valence-corrected chi connectivity index (χ3v) is 3.67. The molecule has 0 saturated heterocycles. The van der Waals surface area contributed by atoms with Gasteiger partial charge >= 0.3 is 0 Å². The molecule has 0 aliphatic rings. The van der Waals surface area contributed by atoms with Gasteiger partial charge in [-0.25, -0.2) is 0 Å². The predicted molar refractivity (Wildman–Crippen MR) is 101 cm³/mol. The molecule has 3 N–H and O–H groups in total. The molecule has 3 amide bonds. The number of carbonyl (C=O) groups excluding carboxylic acids is 3. The predicted octanol–water partition coefficient (Wildman–Crippen LogP) is 1.77. The zero-order valence-corrected chi connectivity index (χ0v) is 16.2. The lowest BCUT2D eigenvalue weighted by Crippen LogP contribution is -2.42. The summed E-state index contributed by atoms with van der Waals surface area (Å²) in [6.45, 7) is 4.47. The Kier molecular flexibility index (Phi) is 10.0. The standard InChI is InChI=1S/C17H23Cl2N3O4/c1-11(2)26-7-3-6-20-15(23)9-21-16(24)10-22-17(25)13-5-4-12(18)8-14(13)19/h4-5,8,11H,3,6-7,9-10H2,1-2H3,(H,20,23)(H,21,24)(H,22,25). The quantitative estimate of drug-likeness (QED) is 0.518. The van der Waals surface area contributed by atoms with Crippen LogP contribution >= 0.6 is 23.2 Å². The first-order chi connectivity index (χ1) is 12.3. The summed E-state index contributed by atoms with van der Waals surface area (Å²) < 4.78 is 5.35. The van der Waals surface area contributed by atoms with Crippen LogP contribution < -0.4 is 16.0 Å². The van der Waals surface area contributed by atoms with E-state index in [0.717, 1.165) is 0 Å². The van der Waals surface area contributed by atoms with Gasteiger partial charge in [-0.1, -0.05) is 23.2 Å². The highest BCUT2D eigenvalue weighted by molar-refractivity contribution is 6.36. The van der Waals surface area contributed by atoms with E-state index < -0.39 is 11.8 Å². The van der Waals surface area contributed by atoms with Gasteiger partial charge in [-0.05, 0) is 38.5 Å². The van der Waals surface area contributed by atoms with Crippen LogP contribution in [0, 0.1) is 0 Å². The van der Waals surface area contributed by atoms with Crippen molar-refractivity contribution in [2.75, 3.05) is 26.2 Å². The zero-order valence-electron chi connectivity index (χ0n) is 14.7. The van der Waals surface area contributed by atoms with Crippen molar-refractivity contribution in [3.8, 4) is 0 Å². The van der Waals surface area contributed by atoms with Gasteiger partial charge in [-0.3, -0.25) is 14.4 Å². The number of halogens is 2. The van der Waals surface area contributed by atoms with Crippen molar-refractivity contribution < 1.29 is 19.1 Å². The third kappa shape index (κ3) is 9.03. The SMILES string of the molecule is CC(C)OCCCNC(=O)CNC(=O)CNC(=O)c1ccc(Cl)cc1Cl. The summed E-state index contributed by atoms with van der Waals surface area (Å²) in [7, 11) is 0. The highest BCUT2D eigenvalue weighted by atomic mass is 35.5. The van der Waals surface area contributed by atoms with Gasteiger partial charge < -0.3 is 20.7 Å². The summed E-state index contributed by atoms with van der Waals surface area (Å²) >= 11 is 11.7. The molecule has 0 fully saturated rings. The summed E-state index contributed by atoms with van der Waals surface area (Å²) in [5, 5.41) is 8.11. The van der Waals surface area contributed by atoms with Gasteiger partial charge in [-0.15, -0.1) is 0 Å². The van der Waals surface area contributed by atoms with Crippen LogP contribution in [0.15, 0.2) is 18.2 Å². The van der Waals surface area contributed by atoms with Crippen LogP contribution in [0.1, 0.15) is 30.6 Å². The van der Waals surface area contributed by atoms with E-state index in [4.69, 9.17) is 27.9 Å². The number of carbonyl (C=O) groups is 3. The molecule has 0 unspecified atom stereocenters. The van der Waals surface area contributed by atoms with Crippen LogP contribution in [0.2, 0.25) is 10.0 Å². The van der Waals surface area contributed by atoms with Gasteiger partial charge in [0.25, 0.3) is 5.91 Å². The maximum Gasteiger partial charge on any atom is 0.253 e. The number of amides is 3. The van der Waals surface area contributed by atoms with Crippen LogP contribution in [-0.4, -0.2) is 50.1 Å². The maximum atomic E-state index is 12.0. The van der Waals surface area contributed by atoms with Crippen molar-refractivity contribution in [3.05, 3.63) is 33.8 Å². The van der Waals surface area contributed by atoms with E-state index in [1.165, 1.54) is 18.2 Å². The van der Waals surface area contributed by atoms with E-state index in [-0.39, 0.29) is 35.7 Å². The minimum atomic E-state index is -0.503. The Morgan fingerprint density at radius 2 is 1.69 bits per heavy atom. The average Bonchev–Trinajstić information content (AvgIpc) is 2.57. The maximum absolute atomic E-state index is 12.0. The molecule has 9 heteroatoms. The number of hydrogen-bond donors (Lipinski definition) is 3. The number of hydrogen-bond acceptors (Lipinski definition) is 4. The van der Waals surface area contributed by atoms with Crippen molar-refractivity contribution in [1.82, 2.24) is 16.0 Å². The molecule has 26 heavy (non-hydrogen) atoms. The summed E-state index contributed by atoms with van der Waals surface area (Å²) in [6.07, 6.45) is 0.846. The van der Waals surface area contributed by atoms with E-state index in [2.05, 4.69) is 16.0 Å². The molecule has 0 spiro atoms. The number of rotatable bonds is 10. The fourth-order valence-electron chi connectivity index (χ4n) is 1.85. The molecule has 0 heterocycles. The van der Waals surface area contributed by atoms with E-state index >= 15 is 0 Å². The average molecular weight is 404 g/mol. The molecule has 0 aliphatic heterocycles. The van der Waals surface area contributed by atoms with E-state index in [1.807, 2.05) is 13.8 Å². The first-order valence-corrected chi connectivity index (χ1v) is 8.93. The van der Waals surface area contributed by atoms with Crippen LogP contribution in [-0.2, 0) is 14.3 Å². The van der Waals surface area contributed by atoms with E-state index in [1.54, 1.807) is 0 Å². The number of ether oxygens (including phenoxy) is 1. The molecule has 1 rings (SSSR count). The van der Waals surface area contributed by atoms with Gasteiger partial charge in [0, 0.05) is 18.2 Å². The monoisotopic (exact) mass is 403 g/mol. The largest absolute Gasteiger partial charge is 0.379 e. The van der Waals surface area contributed by atoms with Gasteiger partial charge in [-0.2, -0.15) is 0 Å². The molecule has 0 aliphatic carbocycles. The van der Waals surface area contributed by atoms with E-state index in [9.17, 15) is 14.4 Å². The smallest absolute Gasteiger partial charge is 0.253 e. The minimum absolute atomic E-state index is 0.156. The van der Waals surface area contributed by atoms with Crippen LogP contribution in [0.25, 0.3) is 0 Å². The molecule has 1 aromatic carbocycles. The minimum Gasteiger partial charge on any atom is -0.379 e. The first kappa shape index (κ1) is 22.2. The first-order valence-electron chi connectivity index (χ1n) is 8.18. The normalized spacial score (nSPS) is 10.5. The molecule has 1 aromatic rings. The molecule has 0 radical (unpaired) electrons. The van der Waals surface area contributed by atoms with Gasteiger partial charge in [0.1, 0.15) is 0 Å². The molecule has 0 aromatic heterocycles. The van der Waals surface area contributed by atoms with Gasteiger partial charge in [0.15, 0.2) is 0 Å². The van der Waals surface area contributed by atoms with Crippen LogP contribution in [0.3, 0.4) is 0 Å². The topological polar surface area (TPSA) is 96.5 Å². The highest BCUT2D eigenvalue weighted by Crippen LogP contribution is 2.20. The third-order valence-electron chi connectivity index (χ3n) is 3.13. The lowest BCUT2D eigenvalue weighted by molar-refractivity contribution is -0.125. The van der Waals surface area contributed by atoms with Gasteiger partial charge in [0.2, 0.25) is 11.8 Å². The Labute approximate surface area is 162 Å². The Bertz CT molecular complexity index is 638. The summed E-state index contributed by atoms with van der Waals surface area (Å²) in [5.41, 5.74) is 0.213. The van der Waals surface area contributed by atoms with Crippen molar-refractivity contribution >= 4 is 40.9 Å². The Balaban J connectivity index is 2.21. The fraction of sp³-hybridized carbons (Fsp3) is 0.471. The second-order valence-corrected chi connectivity index (χ2v) is 6.55. The molecule has 7 nitrogen and oxygen atoms in total. The fourth-order valence-corrected chi connectivity index (χ4v) is 2.35. The molecular formula is C17H23Cl2N3O4. The lowest BCUT2D eigenvalue weighted by Gasteiger charge is -2.09. The Hall–Kier alpha value is -1.83. The van der Waals surface area contributed by atoms with Crippen molar-refractivity contribution in [3.63, 3.8) is 0 Å². The van der Waals surface area contributed by atoms with Crippen molar-refractivity contribution in [2.24, 2.45) is 0 Å². The summed E-state index contributed by atoms with van der Waals surface area (Å²) in [4.78, 5) is 35.3. The van der Waals surface area contributed by atoms with E-state index in [0.29, 0.717) is 24.6 Å². The summed E-state index contributed by atoms with van der Waals surface area (Å²) in [6, 6.07) is 4.43. The number of nitrogens with one attached hydrogen (secondary N) is 3. The van der Waals surface area contributed by atoms with Gasteiger partial charge in [0.05, 0.1) is 29.8 Å². The molecule has 0 bridgehead atoms. The highest BCUT2D eigenvalue weighted by Gasteiger charge is 2.12. The summed E-state index contributed by atoms with van der Waals surface area (Å²) in [5.74, 6) is -1.30. The second-order valence-electron chi connectivity index (χ2n) is 5.71. The second kappa shape index (κ2) is 11.7. The van der Waals surface area contributed by atoms with Crippen molar-refractivity contribution in [2.45, 2.75) is 26.4 Å². The lowest BCUT2D eigenvalue weighted by atomic mass is 10.2. The van der Waals surface area contributed by atoms with Crippen LogP contribution in [0.4, 0.5) is 0 Å². The Morgan fingerprint density at radius 3 is 2.35 bits per heavy atom.